The quantitative estimate of drug-likeness (QED) is 0.707. The Morgan fingerprint density at radius 2 is 2.18 bits per heavy atom. The van der Waals surface area contributed by atoms with E-state index in [1.54, 1.807) is 13.2 Å². The van der Waals surface area contributed by atoms with Crippen molar-refractivity contribution in [2.75, 3.05) is 17.7 Å². The zero-order valence-corrected chi connectivity index (χ0v) is 10.7. The number of hydrogen-bond donors (Lipinski definition) is 3. The van der Waals surface area contributed by atoms with Crippen LogP contribution in [0.25, 0.3) is 0 Å². The Morgan fingerprint density at radius 3 is 2.71 bits per heavy atom. The predicted octanol–water partition coefficient (Wildman–Crippen LogP) is 0.893. The number of nitrogens with two attached hydrogens (primary N) is 1. The van der Waals surface area contributed by atoms with Gasteiger partial charge in [-0.15, -0.1) is 0 Å². The molecule has 4 N–H and O–H groups in total. The van der Waals surface area contributed by atoms with E-state index in [-0.39, 0.29) is 12.3 Å². The van der Waals surface area contributed by atoms with Gasteiger partial charge in [-0.3, -0.25) is 4.79 Å². The van der Waals surface area contributed by atoms with Gasteiger partial charge >= 0.3 is 0 Å². The fraction of sp³-hybridized carbons (Fsp3) is 0.545. The van der Waals surface area contributed by atoms with Gasteiger partial charge in [0.05, 0.1) is 0 Å². The zero-order valence-electron chi connectivity index (χ0n) is 10.7. The Balaban J connectivity index is 2.89. The van der Waals surface area contributed by atoms with Gasteiger partial charge in [0.2, 0.25) is 11.9 Å². The molecule has 0 atom stereocenters. The van der Waals surface area contributed by atoms with Gasteiger partial charge in [-0.1, -0.05) is 0 Å². The maximum atomic E-state index is 11.0. The van der Waals surface area contributed by atoms with Crippen LogP contribution in [0.5, 0.6) is 0 Å². The molecule has 1 heterocycles. The van der Waals surface area contributed by atoms with E-state index in [0.29, 0.717) is 11.8 Å². The second-order valence-electron chi connectivity index (χ2n) is 4.63. The van der Waals surface area contributed by atoms with E-state index in [9.17, 15) is 4.79 Å². The number of nitrogens with zero attached hydrogens (tertiary/aromatic N) is 2. The van der Waals surface area contributed by atoms with Crippen molar-refractivity contribution in [1.82, 2.24) is 9.97 Å². The van der Waals surface area contributed by atoms with Crippen molar-refractivity contribution in [3.8, 4) is 0 Å². The Kier molecular flexibility index (Phi) is 3.88. The van der Waals surface area contributed by atoms with E-state index in [1.165, 1.54) is 0 Å². The van der Waals surface area contributed by atoms with E-state index in [0.717, 1.165) is 5.56 Å². The Morgan fingerprint density at radius 1 is 1.53 bits per heavy atom. The summed E-state index contributed by atoms with van der Waals surface area (Å²) in [5, 5.41) is 6.07. The Hall–Kier alpha value is -1.85. The highest BCUT2D eigenvalue weighted by Gasteiger charge is 2.21. The van der Waals surface area contributed by atoms with E-state index < -0.39 is 5.54 Å². The summed E-state index contributed by atoms with van der Waals surface area (Å²) in [4.78, 5) is 19.3. The van der Waals surface area contributed by atoms with Crippen LogP contribution in [0.3, 0.4) is 0 Å². The highest BCUT2D eigenvalue weighted by atomic mass is 16.1. The number of rotatable bonds is 5. The SMILES string of the molecule is CNc1ncc(C)c(NC(C)(C)CC(N)=O)n1. The molecule has 0 saturated heterocycles. The number of primary amides is 1. The molecule has 1 rings (SSSR count). The van der Waals surface area contributed by atoms with Crippen molar-refractivity contribution in [3.63, 3.8) is 0 Å². The molecule has 0 radical (unpaired) electrons. The fourth-order valence-electron chi connectivity index (χ4n) is 1.49. The lowest BCUT2D eigenvalue weighted by Gasteiger charge is -2.26. The molecule has 1 aromatic rings. The van der Waals surface area contributed by atoms with Crippen LogP contribution >= 0.6 is 0 Å². The summed E-state index contributed by atoms with van der Waals surface area (Å²) < 4.78 is 0. The molecule has 17 heavy (non-hydrogen) atoms. The van der Waals surface area contributed by atoms with Gasteiger partial charge in [0, 0.05) is 30.8 Å². The van der Waals surface area contributed by atoms with Gasteiger partial charge in [0.1, 0.15) is 5.82 Å². The van der Waals surface area contributed by atoms with Crippen molar-refractivity contribution in [2.45, 2.75) is 32.7 Å². The van der Waals surface area contributed by atoms with Crippen molar-refractivity contribution in [1.29, 1.82) is 0 Å². The zero-order chi connectivity index (χ0) is 13.1. The monoisotopic (exact) mass is 237 g/mol. The Labute approximate surface area is 101 Å². The van der Waals surface area contributed by atoms with Gasteiger partial charge in [0.25, 0.3) is 0 Å². The molecule has 0 aliphatic carbocycles. The van der Waals surface area contributed by atoms with Crippen LogP contribution in [-0.2, 0) is 4.79 Å². The molecule has 0 aliphatic heterocycles. The van der Waals surface area contributed by atoms with Crippen LogP contribution in [-0.4, -0.2) is 28.5 Å². The van der Waals surface area contributed by atoms with E-state index in [2.05, 4.69) is 20.6 Å². The minimum absolute atomic E-state index is 0.241. The lowest BCUT2D eigenvalue weighted by Crippen LogP contribution is -2.36. The minimum Gasteiger partial charge on any atom is -0.370 e. The van der Waals surface area contributed by atoms with Crippen LogP contribution in [0.1, 0.15) is 25.8 Å². The minimum atomic E-state index is -0.435. The standard InChI is InChI=1S/C11H19N5O/c1-7-6-14-10(13-4)15-9(7)16-11(2,3)5-8(12)17/h6H,5H2,1-4H3,(H2,12,17)(H2,13,14,15,16). The lowest BCUT2D eigenvalue weighted by atomic mass is 10.00. The molecule has 0 bridgehead atoms. The summed E-state index contributed by atoms with van der Waals surface area (Å²) in [5.74, 6) is 0.895. The number of amides is 1. The molecular formula is C11H19N5O. The first kappa shape index (κ1) is 13.2. The van der Waals surface area contributed by atoms with Gasteiger partial charge in [-0.05, 0) is 20.8 Å². The highest BCUT2D eigenvalue weighted by Crippen LogP contribution is 2.19. The van der Waals surface area contributed by atoms with Crippen LogP contribution < -0.4 is 16.4 Å². The second kappa shape index (κ2) is 4.99. The van der Waals surface area contributed by atoms with Crippen LogP contribution in [0.15, 0.2) is 6.20 Å². The number of anilines is 2. The first-order valence-electron chi connectivity index (χ1n) is 5.42. The van der Waals surface area contributed by atoms with Crippen LogP contribution in [0.4, 0.5) is 11.8 Å². The smallest absolute Gasteiger partial charge is 0.224 e. The van der Waals surface area contributed by atoms with E-state index in [1.807, 2.05) is 20.8 Å². The molecule has 0 fully saturated rings. The van der Waals surface area contributed by atoms with Gasteiger partial charge in [0.15, 0.2) is 0 Å². The molecule has 1 aromatic heterocycles. The van der Waals surface area contributed by atoms with Crippen molar-refractivity contribution in [3.05, 3.63) is 11.8 Å². The average Bonchev–Trinajstić information content (AvgIpc) is 2.19. The van der Waals surface area contributed by atoms with Gasteiger partial charge in [-0.25, -0.2) is 4.98 Å². The maximum Gasteiger partial charge on any atom is 0.224 e. The lowest BCUT2D eigenvalue weighted by molar-refractivity contribution is -0.118. The highest BCUT2D eigenvalue weighted by molar-refractivity contribution is 5.75. The van der Waals surface area contributed by atoms with Gasteiger partial charge < -0.3 is 16.4 Å². The molecular weight excluding hydrogens is 218 g/mol. The van der Waals surface area contributed by atoms with Crippen molar-refractivity contribution in [2.24, 2.45) is 5.73 Å². The summed E-state index contributed by atoms with van der Waals surface area (Å²) in [6.07, 6.45) is 1.97. The van der Waals surface area contributed by atoms with E-state index >= 15 is 0 Å². The number of aryl methyl sites for hydroxylation is 1. The topological polar surface area (TPSA) is 92.9 Å². The third-order valence-corrected chi connectivity index (χ3v) is 2.27. The fourth-order valence-corrected chi connectivity index (χ4v) is 1.49. The molecule has 0 saturated carbocycles. The molecule has 1 amide bonds. The maximum absolute atomic E-state index is 11.0. The number of hydrogen-bond acceptors (Lipinski definition) is 5. The summed E-state index contributed by atoms with van der Waals surface area (Å²) in [6, 6.07) is 0. The van der Waals surface area contributed by atoms with Gasteiger partial charge in [-0.2, -0.15) is 4.98 Å². The summed E-state index contributed by atoms with van der Waals surface area (Å²) >= 11 is 0. The molecule has 0 aromatic carbocycles. The second-order valence-corrected chi connectivity index (χ2v) is 4.63. The Bertz CT molecular complexity index is 416. The van der Waals surface area contributed by atoms with E-state index in [4.69, 9.17) is 5.73 Å². The molecule has 0 aliphatic rings. The number of carbonyl (C=O) groups is 1. The average molecular weight is 237 g/mol. The summed E-state index contributed by atoms with van der Waals surface area (Å²) in [6.45, 7) is 5.71. The number of carbonyl (C=O) groups excluding carboxylic acids is 1. The number of aromatic nitrogens is 2. The van der Waals surface area contributed by atoms with Crippen molar-refractivity contribution < 1.29 is 4.79 Å². The third kappa shape index (κ3) is 3.90. The molecule has 0 spiro atoms. The molecule has 0 unspecified atom stereocenters. The molecule has 94 valence electrons. The first-order chi connectivity index (χ1) is 7.84. The van der Waals surface area contributed by atoms with Crippen LogP contribution in [0, 0.1) is 6.92 Å². The van der Waals surface area contributed by atoms with Crippen molar-refractivity contribution >= 4 is 17.7 Å². The summed E-state index contributed by atoms with van der Waals surface area (Å²) in [5.41, 5.74) is 5.69. The third-order valence-electron chi connectivity index (χ3n) is 2.27. The number of nitrogens with one attached hydrogen (secondary N) is 2. The van der Waals surface area contributed by atoms with Crippen LogP contribution in [0.2, 0.25) is 0 Å². The predicted molar refractivity (Wildman–Crippen MR) is 67.8 cm³/mol. The summed E-state index contributed by atoms with van der Waals surface area (Å²) in [7, 11) is 1.75. The largest absolute Gasteiger partial charge is 0.370 e. The molecule has 6 nitrogen and oxygen atoms in total. The molecule has 6 heteroatoms. The first-order valence-corrected chi connectivity index (χ1v) is 5.42. The normalized spacial score (nSPS) is 11.1.